The first-order chi connectivity index (χ1) is 13.5. The summed E-state index contributed by atoms with van der Waals surface area (Å²) in [7, 11) is 3.13. The molecule has 0 atom stereocenters. The van der Waals surface area contributed by atoms with Crippen LogP contribution in [0.1, 0.15) is 25.3 Å². The molecule has 0 saturated carbocycles. The van der Waals surface area contributed by atoms with Gasteiger partial charge < -0.3 is 14.8 Å². The number of rotatable bonds is 7. The van der Waals surface area contributed by atoms with Gasteiger partial charge in [0, 0.05) is 11.3 Å². The Morgan fingerprint density at radius 3 is 2.43 bits per heavy atom. The quantitative estimate of drug-likeness (QED) is 0.676. The number of carbonyl (C=O) groups is 1. The molecule has 0 fully saturated rings. The van der Waals surface area contributed by atoms with Crippen molar-refractivity contribution in [3.63, 3.8) is 0 Å². The van der Waals surface area contributed by atoms with E-state index in [2.05, 4.69) is 34.6 Å². The van der Waals surface area contributed by atoms with Crippen LogP contribution in [0.15, 0.2) is 42.5 Å². The number of tetrazole rings is 1. The lowest BCUT2D eigenvalue weighted by Crippen LogP contribution is -2.20. The number of hydrogen-bond acceptors (Lipinski definition) is 6. The molecule has 0 radical (unpaired) electrons. The summed E-state index contributed by atoms with van der Waals surface area (Å²) >= 11 is 0. The number of hydrogen-bond donors (Lipinski definition) is 1. The van der Waals surface area contributed by atoms with Gasteiger partial charge in [-0.3, -0.25) is 4.79 Å². The zero-order valence-electron chi connectivity index (χ0n) is 16.3. The van der Waals surface area contributed by atoms with E-state index in [1.54, 1.807) is 32.4 Å². The van der Waals surface area contributed by atoms with Gasteiger partial charge in [0.2, 0.25) is 11.7 Å². The fraction of sp³-hybridized carbons (Fsp3) is 0.300. The monoisotopic (exact) mass is 381 g/mol. The number of anilines is 1. The van der Waals surface area contributed by atoms with Crippen molar-refractivity contribution >= 4 is 11.6 Å². The van der Waals surface area contributed by atoms with Gasteiger partial charge in [-0.1, -0.05) is 26.0 Å². The maximum atomic E-state index is 12.3. The Morgan fingerprint density at radius 2 is 1.79 bits per heavy atom. The van der Waals surface area contributed by atoms with E-state index in [1.807, 2.05) is 24.3 Å². The van der Waals surface area contributed by atoms with E-state index in [0.717, 1.165) is 5.69 Å². The van der Waals surface area contributed by atoms with Crippen molar-refractivity contribution in [1.29, 1.82) is 0 Å². The Hall–Kier alpha value is -3.42. The lowest BCUT2D eigenvalue weighted by atomic mass is 10.0. The number of nitrogens with one attached hydrogen (secondary N) is 1. The summed E-state index contributed by atoms with van der Waals surface area (Å²) in [6.07, 6.45) is 0. The fourth-order valence-electron chi connectivity index (χ4n) is 2.68. The van der Waals surface area contributed by atoms with Crippen molar-refractivity contribution in [1.82, 2.24) is 20.2 Å². The molecule has 0 aliphatic heterocycles. The highest BCUT2D eigenvalue weighted by atomic mass is 16.5. The summed E-state index contributed by atoms with van der Waals surface area (Å²) in [6, 6.07) is 13.1. The highest BCUT2D eigenvalue weighted by molar-refractivity contribution is 5.90. The summed E-state index contributed by atoms with van der Waals surface area (Å²) in [5, 5.41) is 15.1. The van der Waals surface area contributed by atoms with Crippen LogP contribution in [0.2, 0.25) is 0 Å². The van der Waals surface area contributed by atoms with Crippen molar-refractivity contribution in [3.8, 4) is 22.9 Å². The van der Waals surface area contributed by atoms with Crippen LogP contribution in [0.4, 0.5) is 5.69 Å². The maximum absolute atomic E-state index is 12.3. The molecule has 8 heteroatoms. The third-order valence-corrected chi connectivity index (χ3v) is 4.24. The molecule has 1 heterocycles. The van der Waals surface area contributed by atoms with E-state index in [-0.39, 0.29) is 12.5 Å². The molecule has 146 valence electrons. The zero-order chi connectivity index (χ0) is 20.1. The first-order valence-corrected chi connectivity index (χ1v) is 8.90. The molecule has 3 rings (SSSR count). The molecule has 2 aromatic carbocycles. The van der Waals surface area contributed by atoms with Crippen molar-refractivity contribution in [2.45, 2.75) is 26.3 Å². The number of nitrogens with zero attached hydrogens (tertiary/aromatic N) is 4. The lowest BCUT2D eigenvalue weighted by Gasteiger charge is -2.08. The second-order valence-corrected chi connectivity index (χ2v) is 6.54. The Labute approximate surface area is 163 Å². The molecule has 0 spiro atoms. The van der Waals surface area contributed by atoms with E-state index in [0.29, 0.717) is 28.8 Å². The molecular weight excluding hydrogens is 358 g/mol. The number of carbonyl (C=O) groups excluding carboxylic acids is 1. The molecule has 28 heavy (non-hydrogen) atoms. The van der Waals surface area contributed by atoms with E-state index < -0.39 is 0 Å². The molecule has 1 N–H and O–H groups in total. The van der Waals surface area contributed by atoms with Gasteiger partial charge in [-0.05, 0) is 47.0 Å². The second-order valence-electron chi connectivity index (χ2n) is 6.54. The lowest BCUT2D eigenvalue weighted by molar-refractivity contribution is -0.117. The Balaban J connectivity index is 1.66. The van der Waals surface area contributed by atoms with Crippen LogP contribution in [0.25, 0.3) is 11.4 Å². The number of aromatic nitrogens is 4. The first kappa shape index (κ1) is 19.3. The van der Waals surface area contributed by atoms with Gasteiger partial charge in [-0.25, -0.2) is 0 Å². The standard InChI is InChI=1S/C20H23N5O3/c1-13(2)14-5-8-16(9-6-14)21-19(26)12-25-23-20(22-24-25)15-7-10-17(27-3)18(11-15)28-4/h5-11,13H,12H2,1-4H3,(H,21,26). The summed E-state index contributed by atoms with van der Waals surface area (Å²) < 4.78 is 10.5. The number of amides is 1. The smallest absolute Gasteiger partial charge is 0.248 e. The molecule has 3 aromatic rings. The summed E-state index contributed by atoms with van der Waals surface area (Å²) in [6.45, 7) is 4.21. The van der Waals surface area contributed by atoms with Gasteiger partial charge >= 0.3 is 0 Å². The van der Waals surface area contributed by atoms with Gasteiger partial charge in [0.15, 0.2) is 11.5 Å². The molecule has 1 aromatic heterocycles. The minimum absolute atomic E-state index is 0.0355. The van der Waals surface area contributed by atoms with E-state index >= 15 is 0 Å². The predicted octanol–water partition coefficient (Wildman–Crippen LogP) is 3.12. The molecule has 8 nitrogen and oxygen atoms in total. The van der Waals surface area contributed by atoms with Gasteiger partial charge in [-0.2, -0.15) is 4.80 Å². The molecule has 0 unspecified atom stereocenters. The van der Waals surface area contributed by atoms with E-state index in [9.17, 15) is 4.79 Å². The summed E-state index contributed by atoms with van der Waals surface area (Å²) in [5.41, 5.74) is 2.67. The van der Waals surface area contributed by atoms with Gasteiger partial charge in [0.25, 0.3) is 0 Å². The number of ether oxygens (including phenoxy) is 2. The van der Waals surface area contributed by atoms with Crippen LogP contribution in [0.5, 0.6) is 11.5 Å². The number of benzene rings is 2. The molecule has 1 amide bonds. The molecule has 0 aliphatic carbocycles. The summed E-state index contributed by atoms with van der Waals surface area (Å²) in [4.78, 5) is 13.5. The number of methoxy groups -OCH3 is 2. The minimum atomic E-state index is -0.228. The van der Waals surface area contributed by atoms with Gasteiger partial charge in [0.1, 0.15) is 6.54 Å². The Bertz CT molecular complexity index is 951. The topological polar surface area (TPSA) is 91.2 Å². The molecule has 0 saturated heterocycles. The molecular formula is C20H23N5O3. The van der Waals surface area contributed by atoms with Crippen LogP contribution >= 0.6 is 0 Å². The molecule has 0 aliphatic rings. The van der Waals surface area contributed by atoms with Crippen molar-refractivity contribution < 1.29 is 14.3 Å². The van der Waals surface area contributed by atoms with Crippen molar-refractivity contribution in [2.24, 2.45) is 0 Å². The third-order valence-electron chi connectivity index (χ3n) is 4.24. The average molecular weight is 381 g/mol. The second kappa shape index (κ2) is 8.51. The Kier molecular flexibility index (Phi) is 5.88. The van der Waals surface area contributed by atoms with Crippen LogP contribution in [0, 0.1) is 0 Å². The normalized spacial score (nSPS) is 10.8. The van der Waals surface area contributed by atoms with Crippen LogP contribution in [-0.2, 0) is 11.3 Å². The maximum Gasteiger partial charge on any atom is 0.248 e. The first-order valence-electron chi connectivity index (χ1n) is 8.90. The molecule has 0 bridgehead atoms. The third kappa shape index (κ3) is 4.46. The zero-order valence-corrected chi connectivity index (χ0v) is 16.3. The average Bonchev–Trinajstić information content (AvgIpc) is 3.16. The SMILES string of the molecule is COc1ccc(-c2nnn(CC(=O)Nc3ccc(C(C)C)cc3)n2)cc1OC. The van der Waals surface area contributed by atoms with Crippen LogP contribution < -0.4 is 14.8 Å². The van der Waals surface area contributed by atoms with Crippen molar-refractivity contribution in [3.05, 3.63) is 48.0 Å². The van der Waals surface area contributed by atoms with Crippen LogP contribution in [-0.4, -0.2) is 40.3 Å². The highest BCUT2D eigenvalue weighted by Gasteiger charge is 2.12. The van der Waals surface area contributed by atoms with Crippen molar-refractivity contribution in [2.75, 3.05) is 19.5 Å². The fourth-order valence-corrected chi connectivity index (χ4v) is 2.68. The summed E-state index contributed by atoms with van der Waals surface area (Å²) in [5.74, 6) is 1.79. The largest absolute Gasteiger partial charge is 0.493 e. The minimum Gasteiger partial charge on any atom is -0.493 e. The van der Waals surface area contributed by atoms with Gasteiger partial charge in [0.05, 0.1) is 14.2 Å². The van der Waals surface area contributed by atoms with E-state index in [4.69, 9.17) is 9.47 Å². The van der Waals surface area contributed by atoms with Crippen LogP contribution in [0.3, 0.4) is 0 Å². The highest BCUT2D eigenvalue weighted by Crippen LogP contribution is 2.30. The predicted molar refractivity (Wildman–Crippen MR) is 106 cm³/mol. The van der Waals surface area contributed by atoms with Gasteiger partial charge in [-0.15, -0.1) is 10.2 Å². The Morgan fingerprint density at radius 1 is 1.07 bits per heavy atom. The van der Waals surface area contributed by atoms with E-state index in [1.165, 1.54) is 10.4 Å².